The van der Waals surface area contributed by atoms with Crippen LogP contribution in [0, 0.1) is 5.82 Å². The lowest BCUT2D eigenvalue weighted by atomic mass is 10.2. The average molecular weight is 312 g/mol. The lowest BCUT2D eigenvalue weighted by molar-refractivity contribution is 0.0564. The summed E-state index contributed by atoms with van der Waals surface area (Å²) < 4.78 is 21.5. The highest BCUT2D eigenvalue weighted by Crippen LogP contribution is 2.25. The Kier molecular flexibility index (Phi) is 3.77. The summed E-state index contributed by atoms with van der Waals surface area (Å²) in [6.45, 7) is 2.31. The zero-order valence-corrected chi connectivity index (χ0v) is 12.6. The molecule has 2 aromatic heterocycles. The third-order valence-corrected chi connectivity index (χ3v) is 4.13. The van der Waals surface area contributed by atoms with Gasteiger partial charge in [0, 0.05) is 24.8 Å². The molecule has 0 fully saturated rings. The van der Waals surface area contributed by atoms with E-state index in [0.29, 0.717) is 31.9 Å². The topological polar surface area (TPSA) is 52.0 Å². The van der Waals surface area contributed by atoms with Gasteiger partial charge in [-0.1, -0.05) is 12.1 Å². The predicted molar refractivity (Wildman–Crippen MR) is 84.3 cm³/mol. The molecule has 0 spiro atoms. The van der Waals surface area contributed by atoms with Crippen LogP contribution in [0.4, 0.5) is 4.39 Å². The summed E-state index contributed by atoms with van der Waals surface area (Å²) in [5, 5.41) is 3.31. The van der Waals surface area contributed by atoms with E-state index in [4.69, 9.17) is 4.74 Å². The Hall–Kier alpha value is -2.31. The second-order valence-corrected chi connectivity index (χ2v) is 5.65. The standard InChI is InChI=1S/C17H17FN4O/c18-14-9-19-6-5-12(14)7-20-8-13-10-23-11-17-21-15-3-1-2-4-16(15)22(13)17/h1-6,9,13,20H,7-8,10-11H2/t13-/m0/s1. The molecule has 118 valence electrons. The molecule has 23 heavy (non-hydrogen) atoms. The van der Waals surface area contributed by atoms with Crippen LogP contribution in [-0.4, -0.2) is 27.7 Å². The normalized spacial score (nSPS) is 17.3. The minimum absolute atomic E-state index is 0.149. The summed E-state index contributed by atoms with van der Waals surface area (Å²) in [4.78, 5) is 8.39. The van der Waals surface area contributed by atoms with E-state index in [1.165, 1.54) is 6.20 Å². The van der Waals surface area contributed by atoms with E-state index in [2.05, 4.69) is 25.9 Å². The van der Waals surface area contributed by atoms with Crippen molar-refractivity contribution in [3.05, 3.63) is 59.9 Å². The van der Waals surface area contributed by atoms with Crippen LogP contribution in [0.25, 0.3) is 11.0 Å². The van der Waals surface area contributed by atoms with Crippen molar-refractivity contribution in [3.63, 3.8) is 0 Å². The number of imidazole rings is 1. The van der Waals surface area contributed by atoms with Crippen LogP contribution in [0.3, 0.4) is 0 Å². The smallest absolute Gasteiger partial charge is 0.145 e. The van der Waals surface area contributed by atoms with Crippen molar-refractivity contribution in [1.82, 2.24) is 19.9 Å². The minimum Gasteiger partial charge on any atom is -0.371 e. The Bertz CT molecular complexity index is 832. The van der Waals surface area contributed by atoms with Crippen molar-refractivity contribution >= 4 is 11.0 Å². The zero-order chi connectivity index (χ0) is 15.6. The lowest BCUT2D eigenvalue weighted by Crippen LogP contribution is -2.32. The number of halogens is 1. The molecular weight excluding hydrogens is 295 g/mol. The fourth-order valence-corrected chi connectivity index (χ4v) is 3.04. The first kappa shape index (κ1) is 14.3. The predicted octanol–water partition coefficient (Wildman–Crippen LogP) is 2.43. The number of fused-ring (bicyclic) bond motifs is 3. The van der Waals surface area contributed by atoms with Crippen molar-refractivity contribution < 1.29 is 9.13 Å². The van der Waals surface area contributed by atoms with Gasteiger partial charge >= 0.3 is 0 Å². The number of pyridine rings is 1. The molecule has 0 aliphatic carbocycles. The first-order chi connectivity index (χ1) is 11.3. The van der Waals surface area contributed by atoms with Gasteiger partial charge in [-0.05, 0) is 18.2 Å². The first-order valence-corrected chi connectivity index (χ1v) is 7.65. The van der Waals surface area contributed by atoms with Crippen LogP contribution in [0.5, 0.6) is 0 Å². The molecule has 0 saturated carbocycles. The number of para-hydroxylation sites is 2. The van der Waals surface area contributed by atoms with E-state index in [0.717, 1.165) is 16.9 Å². The molecule has 4 rings (SSSR count). The Morgan fingerprint density at radius 1 is 1.30 bits per heavy atom. The van der Waals surface area contributed by atoms with E-state index < -0.39 is 0 Å². The van der Waals surface area contributed by atoms with E-state index in [-0.39, 0.29) is 11.9 Å². The van der Waals surface area contributed by atoms with Gasteiger partial charge in [0.15, 0.2) is 0 Å². The number of benzene rings is 1. The molecule has 0 amide bonds. The Labute approximate surface area is 133 Å². The van der Waals surface area contributed by atoms with Gasteiger partial charge in [0.25, 0.3) is 0 Å². The number of nitrogens with zero attached hydrogens (tertiary/aromatic N) is 3. The second-order valence-electron chi connectivity index (χ2n) is 5.65. The van der Waals surface area contributed by atoms with Crippen molar-refractivity contribution in [3.8, 4) is 0 Å². The summed E-state index contributed by atoms with van der Waals surface area (Å²) in [7, 11) is 0. The van der Waals surface area contributed by atoms with E-state index >= 15 is 0 Å². The maximum atomic E-state index is 13.6. The molecule has 1 aliphatic heterocycles. The first-order valence-electron chi connectivity index (χ1n) is 7.65. The second kappa shape index (κ2) is 6.06. The van der Waals surface area contributed by atoms with Gasteiger partial charge in [0.1, 0.15) is 18.2 Å². The fraction of sp³-hybridized carbons (Fsp3) is 0.294. The highest BCUT2D eigenvalue weighted by molar-refractivity contribution is 5.76. The van der Waals surface area contributed by atoms with E-state index in [1.807, 2.05) is 18.2 Å². The van der Waals surface area contributed by atoms with Gasteiger partial charge in [-0.3, -0.25) is 4.98 Å². The van der Waals surface area contributed by atoms with Crippen molar-refractivity contribution in [2.45, 2.75) is 19.2 Å². The van der Waals surface area contributed by atoms with Gasteiger partial charge in [0.05, 0.1) is 29.9 Å². The molecule has 5 nitrogen and oxygen atoms in total. The summed E-state index contributed by atoms with van der Waals surface area (Å²) in [5.41, 5.74) is 2.72. The molecule has 1 aliphatic rings. The van der Waals surface area contributed by atoms with Gasteiger partial charge in [-0.25, -0.2) is 9.37 Å². The third-order valence-electron chi connectivity index (χ3n) is 4.13. The molecule has 0 radical (unpaired) electrons. The van der Waals surface area contributed by atoms with E-state index in [1.54, 1.807) is 12.3 Å². The third kappa shape index (κ3) is 2.71. The van der Waals surface area contributed by atoms with Crippen LogP contribution in [0.15, 0.2) is 42.7 Å². The molecule has 0 saturated heterocycles. The molecule has 1 N–H and O–H groups in total. The monoisotopic (exact) mass is 312 g/mol. The van der Waals surface area contributed by atoms with Gasteiger partial charge in [0.2, 0.25) is 0 Å². The SMILES string of the molecule is Fc1cnccc1CNC[C@H]1COCc2nc3ccccc3n21. The largest absolute Gasteiger partial charge is 0.371 e. The summed E-state index contributed by atoms with van der Waals surface area (Å²) in [6, 6.07) is 9.93. The lowest BCUT2D eigenvalue weighted by Gasteiger charge is -2.26. The van der Waals surface area contributed by atoms with Crippen LogP contribution < -0.4 is 5.32 Å². The number of ether oxygens (including phenoxy) is 1. The van der Waals surface area contributed by atoms with E-state index in [9.17, 15) is 4.39 Å². The Morgan fingerprint density at radius 2 is 2.22 bits per heavy atom. The minimum atomic E-state index is -0.284. The Morgan fingerprint density at radius 3 is 3.13 bits per heavy atom. The number of hydrogen-bond acceptors (Lipinski definition) is 4. The number of nitrogens with one attached hydrogen (secondary N) is 1. The van der Waals surface area contributed by atoms with Crippen LogP contribution in [0.1, 0.15) is 17.4 Å². The van der Waals surface area contributed by atoms with Gasteiger partial charge in [-0.15, -0.1) is 0 Å². The van der Waals surface area contributed by atoms with Crippen molar-refractivity contribution in [2.24, 2.45) is 0 Å². The maximum Gasteiger partial charge on any atom is 0.145 e. The van der Waals surface area contributed by atoms with Crippen LogP contribution in [0.2, 0.25) is 0 Å². The van der Waals surface area contributed by atoms with Gasteiger partial charge < -0.3 is 14.6 Å². The molecule has 0 bridgehead atoms. The fourth-order valence-electron chi connectivity index (χ4n) is 3.04. The summed E-state index contributed by atoms with van der Waals surface area (Å²) in [5.74, 6) is 0.660. The highest BCUT2D eigenvalue weighted by Gasteiger charge is 2.23. The number of rotatable bonds is 4. The maximum absolute atomic E-state index is 13.6. The molecule has 6 heteroatoms. The summed E-state index contributed by atoms with van der Waals surface area (Å²) >= 11 is 0. The molecule has 0 unspecified atom stereocenters. The molecule has 1 aromatic carbocycles. The zero-order valence-electron chi connectivity index (χ0n) is 12.6. The van der Waals surface area contributed by atoms with Crippen molar-refractivity contribution in [1.29, 1.82) is 0 Å². The highest BCUT2D eigenvalue weighted by atomic mass is 19.1. The number of aromatic nitrogens is 3. The van der Waals surface area contributed by atoms with Gasteiger partial charge in [-0.2, -0.15) is 0 Å². The van der Waals surface area contributed by atoms with Crippen molar-refractivity contribution in [2.75, 3.05) is 13.2 Å². The van der Waals surface area contributed by atoms with Crippen LogP contribution in [-0.2, 0) is 17.9 Å². The quantitative estimate of drug-likeness (QED) is 0.804. The van der Waals surface area contributed by atoms with Crippen LogP contribution >= 0.6 is 0 Å². The average Bonchev–Trinajstić information content (AvgIpc) is 2.96. The summed E-state index contributed by atoms with van der Waals surface area (Å²) in [6.07, 6.45) is 2.84. The molecule has 3 heterocycles. The molecule has 1 atom stereocenters. The molecule has 3 aromatic rings. The Balaban J connectivity index is 1.52. The number of hydrogen-bond donors (Lipinski definition) is 1. The molecular formula is C17H17FN4O.